The number of pyridine rings is 1. The summed E-state index contributed by atoms with van der Waals surface area (Å²) in [5, 5.41) is 18.6. The molecule has 0 saturated carbocycles. The number of H-pyrrole nitrogens is 1. The lowest BCUT2D eigenvalue weighted by Crippen LogP contribution is -2.16. The van der Waals surface area contributed by atoms with Crippen molar-refractivity contribution in [2.45, 2.75) is 6.61 Å². The van der Waals surface area contributed by atoms with Gasteiger partial charge in [0.15, 0.2) is 11.6 Å². The summed E-state index contributed by atoms with van der Waals surface area (Å²) in [6.45, 7) is -0.0334. The van der Waals surface area contributed by atoms with Gasteiger partial charge >= 0.3 is 0 Å². The fourth-order valence-electron chi connectivity index (χ4n) is 2.65. The molecule has 1 heterocycles. The third kappa shape index (κ3) is 3.53. The van der Waals surface area contributed by atoms with Crippen LogP contribution in [0.3, 0.4) is 0 Å². The van der Waals surface area contributed by atoms with Gasteiger partial charge in [0.1, 0.15) is 41.5 Å². The number of rotatable bonds is 4. The minimum absolute atomic E-state index is 0.0121. The van der Waals surface area contributed by atoms with Crippen molar-refractivity contribution in [3.8, 4) is 29.0 Å². The van der Waals surface area contributed by atoms with Gasteiger partial charge in [0.25, 0.3) is 5.56 Å². The summed E-state index contributed by atoms with van der Waals surface area (Å²) in [6, 6.07) is 13.0. The molecule has 0 aliphatic heterocycles. The number of halogens is 2. The van der Waals surface area contributed by atoms with Crippen LogP contribution < -0.4 is 16.0 Å². The molecule has 0 fully saturated rings. The van der Waals surface area contributed by atoms with E-state index in [4.69, 9.17) is 10.5 Å². The highest BCUT2D eigenvalue weighted by Gasteiger charge is 2.18. The van der Waals surface area contributed by atoms with Crippen molar-refractivity contribution in [1.82, 2.24) is 4.98 Å². The largest absolute Gasteiger partial charge is 0.486 e. The maximum atomic E-state index is 13.6. The van der Waals surface area contributed by atoms with E-state index in [0.29, 0.717) is 11.1 Å². The molecule has 1 aromatic heterocycles. The molecule has 0 spiro atoms. The number of nitrogens with zero attached hydrogens (tertiary/aromatic N) is 2. The van der Waals surface area contributed by atoms with Crippen LogP contribution >= 0.6 is 0 Å². The third-order valence-corrected chi connectivity index (χ3v) is 4.00. The molecular weight excluding hydrogens is 366 g/mol. The predicted octanol–water partition coefficient (Wildman–Crippen LogP) is 3.22. The molecule has 0 saturated heterocycles. The number of nitriles is 2. The highest BCUT2D eigenvalue weighted by molar-refractivity contribution is 5.80. The number of anilines is 1. The lowest BCUT2D eigenvalue weighted by Gasteiger charge is -2.10. The third-order valence-electron chi connectivity index (χ3n) is 4.00. The molecule has 0 radical (unpaired) electrons. The summed E-state index contributed by atoms with van der Waals surface area (Å²) in [7, 11) is 0. The number of hydrogen-bond acceptors (Lipinski definition) is 5. The van der Waals surface area contributed by atoms with E-state index in [9.17, 15) is 24.1 Å². The Hall–Kier alpha value is -4.17. The first kappa shape index (κ1) is 18.6. The molecule has 3 rings (SSSR count). The normalized spacial score (nSPS) is 10.1. The van der Waals surface area contributed by atoms with Crippen LogP contribution in [-0.4, -0.2) is 4.98 Å². The highest BCUT2D eigenvalue weighted by atomic mass is 19.1. The van der Waals surface area contributed by atoms with Crippen molar-refractivity contribution in [3.63, 3.8) is 0 Å². The van der Waals surface area contributed by atoms with Gasteiger partial charge in [-0.3, -0.25) is 4.79 Å². The SMILES string of the molecule is N#Cc1c(N)[nH]c(=O)c(C#N)c1-c1ccc(COc2cc(F)ccc2F)cc1. The summed E-state index contributed by atoms with van der Waals surface area (Å²) < 4.78 is 32.1. The number of nitrogen functional groups attached to an aromatic ring is 1. The number of hydrogen-bond donors (Lipinski definition) is 2. The summed E-state index contributed by atoms with van der Waals surface area (Å²) in [5.41, 5.74) is 5.96. The Morgan fingerprint density at radius 1 is 1.04 bits per heavy atom. The van der Waals surface area contributed by atoms with Crippen LogP contribution in [0.25, 0.3) is 11.1 Å². The topological polar surface area (TPSA) is 116 Å². The first-order chi connectivity index (χ1) is 13.4. The lowest BCUT2D eigenvalue weighted by molar-refractivity contribution is 0.288. The molecule has 0 amide bonds. The van der Waals surface area contributed by atoms with Crippen LogP contribution in [0.2, 0.25) is 0 Å². The van der Waals surface area contributed by atoms with E-state index in [1.54, 1.807) is 30.3 Å². The number of nitrogens with two attached hydrogens (primary N) is 1. The van der Waals surface area contributed by atoms with Crippen molar-refractivity contribution in [3.05, 3.63) is 81.1 Å². The number of aromatic nitrogens is 1. The second-order valence-electron chi connectivity index (χ2n) is 5.78. The second kappa shape index (κ2) is 7.60. The molecular formula is C20H12F2N4O2. The van der Waals surface area contributed by atoms with Crippen LogP contribution in [-0.2, 0) is 6.61 Å². The lowest BCUT2D eigenvalue weighted by atomic mass is 9.96. The van der Waals surface area contributed by atoms with Crippen molar-refractivity contribution < 1.29 is 13.5 Å². The molecule has 0 unspecified atom stereocenters. The molecule has 3 N–H and O–H groups in total. The van der Waals surface area contributed by atoms with E-state index in [1.165, 1.54) is 0 Å². The summed E-state index contributed by atoms with van der Waals surface area (Å²) >= 11 is 0. The highest BCUT2D eigenvalue weighted by Crippen LogP contribution is 2.28. The Bertz CT molecular complexity index is 1190. The summed E-state index contributed by atoms with van der Waals surface area (Å²) in [4.78, 5) is 14.2. The first-order valence-electron chi connectivity index (χ1n) is 7.97. The number of benzene rings is 2. The monoisotopic (exact) mass is 378 g/mol. The maximum Gasteiger partial charge on any atom is 0.268 e. The Morgan fingerprint density at radius 3 is 2.36 bits per heavy atom. The predicted molar refractivity (Wildman–Crippen MR) is 97.0 cm³/mol. The first-order valence-corrected chi connectivity index (χ1v) is 7.97. The molecule has 2 aromatic carbocycles. The standard InChI is InChI=1S/C20H12F2N4O2/c21-13-5-6-16(22)17(7-13)28-10-11-1-3-12(4-2-11)18-14(8-23)19(25)26-20(27)15(18)9-24/h1-7H,10H2,(H3,25,26,27). The molecule has 138 valence electrons. The minimum Gasteiger partial charge on any atom is -0.486 e. The van der Waals surface area contributed by atoms with E-state index < -0.39 is 17.2 Å². The zero-order chi connectivity index (χ0) is 20.3. The number of ether oxygens (including phenoxy) is 1. The number of aromatic amines is 1. The number of nitrogens with one attached hydrogen (secondary N) is 1. The van der Waals surface area contributed by atoms with Crippen molar-refractivity contribution in [2.75, 3.05) is 5.73 Å². The van der Waals surface area contributed by atoms with Crippen LogP contribution in [0, 0.1) is 34.3 Å². The van der Waals surface area contributed by atoms with Gasteiger partial charge in [0, 0.05) is 11.6 Å². The van der Waals surface area contributed by atoms with Gasteiger partial charge in [0.2, 0.25) is 0 Å². The molecule has 0 aliphatic rings. The molecule has 6 nitrogen and oxygen atoms in total. The van der Waals surface area contributed by atoms with Gasteiger partial charge in [-0.2, -0.15) is 10.5 Å². The Balaban J connectivity index is 1.92. The molecule has 0 aliphatic carbocycles. The van der Waals surface area contributed by atoms with E-state index in [2.05, 4.69) is 4.98 Å². The van der Waals surface area contributed by atoms with Gasteiger partial charge in [0.05, 0.1) is 0 Å². The molecule has 8 heteroatoms. The van der Waals surface area contributed by atoms with Crippen LogP contribution in [0.5, 0.6) is 5.75 Å². The molecule has 0 atom stereocenters. The Morgan fingerprint density at radius 2 is 1.71 bits per heavy atom. The quantitative estimate of drug-likeness (QED) is 0.723. The zero-order valence-corrected chi connectivity index (χ0v) is 14.3. The van der Waals surface area contributed by atoms with E-state index >= 15 is 0 Å². The smallest absolute Gasteiger partial charge is 0.268 e. The van der Waals surface area contributed by atoms with Gasteiger partial charge in [-0.25, -0.2) is 8.78 Å². The Kier molecular flexibility index (Phi) is 5.05. The van der Waals surface area contributed by atoms with Crippen LogP contribution in [0.1, 0.15) is 16.7 Å². The van der Waals surface area contributed by atoms with Crippen molar-refractivity contribution >= 4 is 5.82 Å². The van der Waals surface area contributed by atoms with E-state index in [1.807, 2.05) is 6.07 Å². The summed E-state index contributed by atoms with van der Waals surface area (Å²) in [5.74, 6) is -1.65. The van der Waals surface area contributed by atoms with Crippen LogP contribution in [0.4, 0.5) is 14.6 Å². The zero-order valence-electron chi connectivity index (χ0n) is 14.3. The fraction of sp³-hybridized carbons (Fsp3) is 0.0500. The van der Waals surface area contributed by atoms with E-state index in [-0.39, 0.29) is 34.9 Å². The van der Waals surface area contributed by atoms with Gasteiger partial charge in [-0.05, 0) is 23.3 Å². The van der Waals surface area contributed by atoms with Crippen molar-refractivity contribution in [2.24, 2.45) is 0 Å². The maximum absolute atomic E-state index is 13.6. The fourth-order valence-corrected chi connectivity index (χ4v) is 2.65. The molecule has 0 bridgehead atoms. The van der Waals surface area contributed by atoms with Gasteiger partial charge in [-0.15, -0.1) is 0 Å². The second-order valence-corrected chi connectivity index (χ2v) is 5.78. The minimum atomic E-state index is -0.692. The average molecular weight is 378 g/mol. The van der Waals surface area contributed by atoms with Crippen LogP contribution in [0.15, 0.2) is 47.3 Å². The van der Waals surface area contributed by atoms with Crippen molar-refractivity contribution in [1.29, 1.82) is 10.5 Å². The average Bonchev–Trinajstić information content (AvgIpc) is 2.68. The molecule has 3 aromatic rings. The Labute approximate surface area is 158 Å². The molecule has 28 heavy (non-hydrogen) atoms. The summed E-state index contributed by atoms with van der Waals surface area (Å²) in [6.07, 6.45) is 0. The van der Waals surface area contributed by atoms with Gasteiger partial charge < -0.3 is 15.5 Å². The van der Waals surface area contributed by atoms with Gasteiger partial charge in [-0.1, -0.05) is 24.3 Å². The van der Waals surface area contributed by atoms with E-state index in [0.717, 1.165) is 18.2 Å².